The van der Waals surface area contributed by atoms with Gasteiger partial charge in [-0.05, 0) is 68.5 Å². The SMILES string of the molecule is CC(Nc1cc(N2CCC(C(=O)N3CCCC(O)C3)CC2)ccc1Cl)c1ccc(Cl)cc1Cl. The van der Waals surface area contributed by atoms with Crippen molar-refractivity contribution in [3.05, 3.63) is 57.0 Å². The molecule has 2 aromatic carbocycles. The molecule has 5 nitrogen and oxygen atoms in total. The van der Waals surface area contributed by atoms with Crippen molar-refractivity contribution in [2.24, 2.45) is 5.92 Å². The maximum Gasteiger partial charge on any atom is 0.225 e. The van der Waals surface area contributed by atoms with Gasteiger partial charge in [0.2, 0.25) is 5.91 Å². The van der Waals surface area contributed by atoms with Crippen LogP contribution in [0, 0.1) is 5.92 Å². The summed E-state index contributed by atoms with van der Waals surface area (Å²) < 4.78 is 0. The van der Waals surface area contributed by atoms with Gasteiger partial charge in [-0.2, -0.15) is 0 Å². The van der Waals surface area contributed by atoms with Crippen LogP contribution in [-0.2, 0) is 4.79 Å². The Morgan fingerprint density at radius 1 is 1.03 bits per heavy atom. The van der Waals surface area contributed by atoms with Gasteiger partial charge in [-0.3, -0.25) is 4.79 Å². The third kappa shape index (κ3) is 5.89. The Morgan fingerprint density at radius 3 is 2.48 bits per heavy atom. The quantitative estimate of drug-likeness (QED) is 0.516. The summed E-state index contributed by atoms with van der Waals surface area (Å²) in [6, 6.07) is 11.4. The summed E-state index contributed by atoms with van der Waals surface area (Å²) >= 11 is 18.9. The minimum absolute atomic E-state index is 0.0310. The molecule has 2 fully saturated rings. The van der Waals surface area contributed by atoms with Gasteiger partial charge in [0.25, 0.3) is 0 Å². The van der Waals surface area contributed by atoms with Gasteiger partial charge in [-0.1, -0.05) is 40.9 Å². The molecular weight excluding hydrogens is 481 g/mol. The number of aliphatic hydroxyl groups excluding tert-OH is 1. The summed E-state index contributed by atoms with van der Waals surface area (Å²) in [5, 5.41) is 15.2. The summed E-state index contributed by atoms with van der Waals surface area (Å²) in [4.78, 5) is 17.0. The summed E-state index contributed by atoms with van der Waals surface area (Å²) in [5.74, 6) is 0.226. The number of carbonyl (C=O) groups excluding carboxylic acids is 1. The Balaban J connectivity index is 1.39. The van der Waals surface area contributed by atoms with Crippen LogP contribution in [0.5, 0.6) is 0 Å². The molecule has 0 aliphatic carbocycles. The first kappa shape index (κ1) is 24.5. The third-order valence-corrected chi connectivity index (χ3v) is 7.56. The molecule has 8 heteroatoms. The standard InChI is InChI=1S/C25H30Cl3N3O2/c1-16(21-6-4-18(26)13-23(21)28)29-24-14-19(5-7-22(24)27)30-11-8-17(9-12-30)25(33)31-10-2-3-20(32)15-31/h4-7,13-14,16-17,20,29,32H,2-3,8-12,15H2,1H3. The Labute approximate surface area is 210 Å². The smallest absolute Gasteiger partial charge is 0.225 e. The molecule has 0 bridgehead atoms. The van der Waals surface area contributed by atoms with Crippen LogP contribution in [0.3, 0.4) is 0 Å². The number of amides is 1. The molecule has 33 heavy (non-hydrogen) atoms. The van der Waals surface area contributed by atoms with E-state index in [1.807, 2.05) is 36.1 Å². The normalized spacial score (nSPS) is 20.6. The highest BCUT2D eigenvalue weighted by Gasteiger charge is 2.31. The molecule has 1 amide bonds. The van der Waals surface area contributed by atoms with E-state index < -0.39 is 0 Å². The molecule has 2 atom stereocenters. The largest absolute Gasteiger partial charge is 0.391 e. The highest BCUT2D eigenvalue weighted by molar-refractivity contribution is 6.35. The molecule has 0 saturated carbocycles. The summed E-state index contributed by atoms with van der Waals surface area (Å²) in [6.45, 7) is 4.89. The van der Waals surface area contributed by atoms with Crippen molar-refractivity contribution >= 4 is 52.1 Å². The van der Waals surface area contributed by atoms with Gasteiger partial charge in [0, 0.05) is 47.8 Å². The number of halogens is 3. The molecule has 4 rings (SSSR count). The second-order valence-corrected chi connectivity index (χ2v) is 10.3. The molecule has 2 aliphatic rings. The highest BCUT2D eigenvalue weighted by Crippen LogP contribution is 2.34. The van der Waals surface area contributed by atoms with E-state index in [0.29, 0.717) is 21.6 Å². The molecule has 178 valence electrons. The van der Waals surface area contributed by atoms with Crippen molar-refractivity contribution in [1.29, 1.82) is 0 Å². The predicted molar refractivity (Wildman–Crippen MR) is 137 cm³/mol. The number of rotatable bonds is 5. The lowest BCUT2D eigenvalue weighted by molar-refractivity contribution is -0.139. The molecule has 2 saturated heterocycles. The van der Waals surface area contributed by atoms with Crippen LogP contribution in [0.25, 0.3) is 0 Å². The van der Waals surface area contributed by atoms with E-state index in [2.05, 4.69) is 16.3 Å². The van der Waals surface area contributed by atoms with E-state index in [0.717, 1.165) is 62.3 Å². The van der Waals surface area contributed by atoms with Crippen LogP contribution in [0.15, 0.2) is 36.4 Å². The van der Waals surface area contributed by atoms with E-state index >= 15 is 0 Å². The van der Waals surface area contributed by atoms with Gasteiger partial charge in [-0.15, -0.1) is 0 Å². The van der Waals surface area contributed by atoms with Crippen LogP contribution in [0.2, 0.25) is 15.1 Å². The van der Waals surface area contributed by atoms with Crippen LogP contribution in [0.1, 0.15) is 44.2 Å². The van der Waals surface area contributed by atoms with Gasteiger partial charge in [0.15, 0.2) is 0 Å². The lowest BCUT2D eigenvalue weighted by atomic mass is 9.93. The van der Waals surface area contributed by atoms with E-state index in [9.17, 15) is 9.90 Å². The topological polar surface area (TPSA) is 55.8 Å². The van der Waals surface area contributed by atoms with Gasteiger partial charge in [0.1, 0.15) is 0 Å². The minimum Gasteiger partial charge on any atom is -0.391 e. The monoisotopic (exact) mass is 509 g/mol. The number of carbonyl (C=O) groups is 1. The van der Waals surface area contributed by atoms with Crippen molar-refractivity contribution in [2.75, 3.05) is 36.4 Å². The zero-order chi connectivity index (χ0) is 23.5. The number of piperidine rings is 2. The molecule has 2 unspecified atom stereocenters. The fraction of sp³-hybridized carbons (Fsp3) is 0.480. The maximum atomic E-state index is 12.9. The molecule has 0 radical (unpaired) electrons. The number of aliphatic hydroxyl groups is 1. The van der Waals surface area contributed by atoms with E-state index in [1.165, 1.54) is 0 Å². The number of hydrogen-bond donors (Lipinski definition) is 2. The second-order valence-electron chi connectivity index (χ2n) is 9.04. The lowest BCUT2D eigenvalue weighted by Crippen LogP contribution is -2.47. The number of likely N-dealkylation sites (tertiary alicyclic amines) is 1. The van der Waals surface area contributed by atoms with Gasteiger partial charge < -0.3 is 20.2 Å². The van der Waals surface area contributed by atoms with Gasteiger partial charge in [-0.25, -0.2) is 0 Å². The van der Waals surface area contributed by atoms with Crippen LogP contribution in [-0.4, -0.2) is 48.2 Å². The first-order valence-electron chi connectivity index (χ1n) is 11.5. The fourth-order valence-electron chi connectivity index (χ4n) is 4.78. The Bertz CT molecular complexity index is 995. The highest BCUT2D eigenvalue weighted by atomic mass is 35.5. The fourth-order valence-corrected chi connectivity index (χ4v) is 5.53. The second kappa shape index (κ2) is 10.7. The number of nitrogens with zero attached hydrogens (tertiary/aromatic N) is 2. The Kier molecular flexibility index (Phi) is 7.95. The molecular formula is C25H30Cl3N3O2. The van der Waals surface area contributed by atoms with Crippen LogP contribution in [0.4, 0.5) is 11.4 Å². The first-order chi connectivity index (χ1) is 15.8. The minimum atomic E-state index is -0.382. The molecule has 2 aliphatic heterocycles. The van der Waals surface area contributed by atoms with Gasteiger partial charge >= 0.3 is 0 Å². The molecule has 2 aromatic rings. The number of β-amino-alcohol motifs (C(OH)–C–C–N with tert-alkyl or cyclic N) is 1. The lowest BCUT2D eigenvalue weighted by Gasteiger charge is -2.37. The Hall–Kier alpha value is -1.66. The average molecular weight is 511 g/mol. The summed E-state index contributed by atoms with van der Waals surface area (Å²) in [5.41, 5.74) is 2.87. The van der Waals surface area contributed by atoms with Crippen molar-refractivity contribution in [1.82, 2.24) is 4.90 Å². The van der Waals surface area contributed by atoms with Crippen molar-refractivity contribution in [3.63, 3.8) is 0 Å². The molecule has 2 N–H and O–H groups in total. The van der Waals surface area contributed by atoms with Crippen molar-refractivity contribution in [3.8, 4) is 0 Å². The molecule has 2 heterocycles. The molecule has 0 spiro atoms. The van der Waals surface area contributed by atoms with E-state index in [1.54, 1.807) is 6.07 Å². The van der Waals surface area contributed by atoms with Crippen LogP contribution < -0.4 is 10.2 Å². The summed E-state index contributed by atoms with van der Waals surface area (Å²) in [7, 11) is 0. The first-order valence-corrected chi connectivity index (χ1v) is 12.7. The maximum absolute atomic E-state index is 12.9. The van der Waals surface area contributed by atoms with E-state index in [4.69, 9.17) is 34.8 Å². The van der Waals surface area contributed by atoms with E-state index in [-0.39, 0.29) is 24.0 Å². The summed E-state index contributed by atoms with van der Waals surface area (Å²) in [6.07, 6.45) is 2.92. The number of anilines is 2. The third-order valence-electron chi connectivity index (χ3n) is 6.67. The number of hydrogen-bond acceptors (Lipinski definition) is 4. The predicted octanol–water partition coefficient (Wildman–Crippen LogP) is 6.02. The number of benzene rings is 2. The average Bonchev–Trinajstić information content (AvgIpc) is 2.80. The number of nitrogens with one attached hydrogen (secondary N) is 1. The molecule has 0 aromatic heterocycles. The van der Waals surface area contributed by atoms with Gasteiger partial charge in [0.05, 0.1) is 22.9 Å². The van der Waals surface area contributed by atoms with Crippen molar-refractivity contribution in [2.45, 2.75) is 44.8 Å². The zero-order valence-corrected chi connectivity index (χ0v) is 21.0. The van der Waals surface area contributed by atoms with Crippen LogP contribution >= 0.6 is 34.8 Å². The van der Waals surface area contributed by atoms with Crippen molar-refractivity contribution < 1.29 is 9.90 Å². The Morgan fingerprint density at radius 2 is 1.79 bits per heavy atom. The zero-order valence-electron chi connectivity index (χ0n) is 18.7.